The Bertz CT molecular complexity index is 900. The molecule has 9 heteroatoms. The molecule has 2 fully saturated rings. The van der Waals surface area contributed by atoms with Gasteiger partial charge in [-0.2, -0.15) is 0 Å². The summed E-state index contributed by atoms with van der Waals surface area (Å²) in [7, 11) is -0.275. The van der Waals surface area contributed by atoms with E-state index in [9.17, 15) is 12.8 Å². The van der Waals surface area contributed by atoms with Crippen molar-refractivity contribution in [2.45, 2.75) is 61.9 Å². The topological polar surface area (TPSA) is 80.3 Å². The Morgan fingerprint density at radius 1 is 1.17 bits per heavy atom. The molecule has 0 saturated heterocycles. The van der Waals surface area contributed by atoms with E-state index in [1.807, 2.05) is 14.1 Å². The number of sulfonamides is 1. The van der Waals surface area contributed by atoms with E-state index in [1.54, 1.807) is 5.38 Å². The lowest BCUT2D eigenvalue weighted by Crippen LogP contribution is -2.21. The Labute approximate surface area is 177 Å². The zero-order valence-corrected chi connectivity index (χ0v) is 18.4. The monoisotopic (exact) mass is 443 g/mol. The first-order valence-electron chi connectivity index (χ1n) is 9.95. The summed E-state index contributed by atoms with van der Waals surface area (Å²) in [5.41, 5.74) is 0.802. The van der Waals surface area contributed by atoms with Gasteiger partial charge in [-0.05, 0) is 70.2 Å². The zero-order chi connectivity index (χ0) is 20.9. The van der Waals surface area contributed by atoms with Gasteiger partial charge in [-0.1, -0.05) is 6.42 Å². The van der Waals surface area contributed by atoms with Crippen LogP contribution in [0, 0.1) is 5.82 Å². The molecule has 0 aliphatic heterocycles. The lowest BCUT2D eigenvalue weighted by molar-refractivity contribution is 0.153. The molecule has 4 rings (SSSR count). The minimum absolute atomic E-state index is 0. The maximum Gasteiger partial charge on any atom is 0.266 e. The van der Waals surface area contributed by atoms with Gasteiger partial charge in [0.25, 0.3) is 10.0 Å². The molecule has 1 aromatic carbocycles. The van der Waals surface area contributed by atoms with Crippen LogP contribution in [0.3, 0.4) is 0 Å². The highest BCUT2D eigenvalue weighted by Crippen LogP contribution is 2.46. The number of ether oxygens (including phenoxy) is 1. The fourth-order valence-electron chi connectivity index (χ4n) is 3.38. The number of rotatable bonds is 6. The van der Waals surface area contributed by atoms with Gasteiger partial charge in [-0.3, -0.25) is 4.72 Å². The number of benzene rings is 1. The zero-order valence-electron chi connectivity index (χ0n) is 16.8. The van der Waals surface area contributed by atoms with Gasteiger partial charge in [-0.25, -0.2) is 17.8 Å². The van der Waals surface area contributed by atoms with Crippen molar-refractivity contribution in [2.24, 2.45) is 0 Å². The first-order chi connectivity index (χ1) is 13.9. The standard InChI is InChI=1S/C18H21FN2O3S2.C2H7N.H2/c19-15-11-16(24-13-4-2-1-3-5-13)14(12-6-7-12)10-17(15)26(22,23)21-18-20-8-9-25-18;1-3-2;/h8-13H,1-7H2,(H,20,21);3H,1-2H3;1H. The van der Waals surface area contributed by atoms with Crippen LogP contribution in [-0.2, 0) is 10.0 Å². The summed E-state index contributed by atoms with van der Waals surface area (Å²) in [6.45, 7) is 0. The predicted molar refractivity (Wildman–Crippen MR) is 116 cm³/mol. The van der Waals surface area contributed by atoms with Gasteiger partial charge < -0.3 is 10.1 Å². The highest BCUT2D eigenvalue weighted by molar-refractivity contribution is 7.93. The normalized spacial score (nSPS) is 17.3. The first-order valence-corrected chi connectivity index (χ1v) is 12.3. The minimum Gasteiger partial charge on any atom is -0.490 e. The van der Waals surface area contributed by atoms with Crippen molar-refractivity contribution in [1.29, 1.82) is 0 Å². The van der Waals surface area contributed by atoms with Crippen LogP contribution in [0.5, 0.6) is 5.75 Å². The van der Waals surface area contributed by atoms with Crippen LogP contribution in [0.4, 0.5) is 9.52 Å². The largest absolute Gasteiger partial charge is 0.490 e. The number of hydrogen-bond acceptors (Lipinski definition) is 6. The molecule has 0 amide bonds. The SMILES string of the molecule is CNC.O=S(=O)(Nc1nccs1)c1cc(C2CC2)c(OC2CCCCC2)cc1F.[HH]. The van der Waals surface area contributed by atoms with Crippen LogP contribution in [-0.4, -0.2) is 33.6 Å². The summed E-state index contributed by atoms with van der Waals surface area (Å²) in [4.78, 5) is 3.56. The van der Waals surface area contributed by atoms with Crippen molar-refractivity contribution < 1.29 is 19.0 Å². The molecule has 2 aromatic rings. The van der Waals surface area contributed by atoms with Gasteiger partial charge in [0.2, 0.25) is 0 Å². The second-order valence-electron chi connectivity index (χ2n) is 7.42. The quantitative estimate of drug-likeness (QED) is 0.673. The number of anilines is 1. The van der Waals surface area contributed by atoms with E-state index in [0.717, 1.165) is 55.4 Å². The third-order valence-electron chi connectivity index (χ3n) is 4.87. The Morgan fingerprint density at radius 2 is 1.86 bits per heavy atom. The number of aromatic nitrogens is 1. The number of nitrogens with one attached hydrogen (secondary N) is 2. The third-order valence-corrected chi connectivity index (χ3v) is 7.04. The molecular weight excluding hydrogens is 413 g/mol. The maximum absolute atomic E-state index is 14.7. The van der Waals surface area contributed by atoms with Crippen molar-refractivity contribution in [2.75, 3.05) is 18.8 Å². The van der Waals surface area contributed by atoms with Crippen LogP contribution in [0.15, 0.2) is 28.6 Å². The fraction of sp³-hybridized carbons (Fsp3) is 0.550. The van der Waals surface area contributed by atoms with Gasteiger partial charge in [0, 0.05) is 19.1 Å². The summed E-state index contributed by atoms with van der Waals surface area (Å²) in [5, 5.41) is 4.63. The highest BCUT2D eigenvalue weighted by Gasteiger charge is 2.32. The predicted octanol–water partition coefficient (Wildman–Crippen LogP) is 4.75. The third kappa shape index (κ3) is 5.90. The summed E-state index contributed by atoms with van der Waals surface area (Å²) >= 11 is 1.15. The Balaban J connectivity index is 0.000000757. The van der Waals surface area contributed by atoms with E-state index >= 15 is 0 Å². The number of halogens is 1. The Morgan fingerprint density at radius 3 is 2.45 bits per heavy atom. The molecule has 0 bridgehead atoms. The van der Waals surface area contributed by atoms with Gasteiger partial charge in [-0.15, -0.1) is 11.3 Å². The summed E-state index contributed by atoms with van der Waals surface area (Å²) in [6, 6.07) is 2.69. The van der Waals surface area contributed by atoms with Crippen molar-refractivity contribution in [3.05, 3.63) is 35.1 Å². The van der Waals surface area contributed by atoms with Crippen LogP contribution in [0.2, 0.25) is 0 Å². The number of nitrogens with zero attached hydrogens (tertiary/aromatic N) is 1. The number of hydrogen-bond donors (Lipinski definition) is 2. The fourth-order valence-corrected chi connectivity index (χ4v) is 5.26. The molecule has 2 aliphatic carbocycles. The smallest absolute Gasteiger partial charge is 0.266 e. The van der Waals surface area contributed by atoms with Crippen molar-refractivity contribution in [3.8, 4) is 5.75 Å². The summed E-state index contributed by atoms with van der Waals surface area (Å²) < 4.78 is 48.3. The molecule has 2 aliphatic rings. The lowest BCUT2D eigenvalue weighted by atomic mass is 9.97. The minimum atomic E-state index is -4.02. The van der Waals surface area contributed by atoms with E-state index in [1.165, 1.54) is 24.8 Å². The van der Waals surface area contributed by atoms with E-state index in [4.69, 9.17) is 4.74 Å². The molecule has 6 nitrogen and oxygen atoms in total. The Kier molecular flexibility index (Phi) is 7.48. The maximum atomic E-state index is 14.7. The van der Waals surface area contributed by atoms with Crippen LogP contribution < -0.4 is 14.8 Å². The number of thiazole rings is 1. The van der Waals surface area contributed by atoms with Crippen LogP contribution in [0.25, 0.3) is 0 Å². The average Bonchev–Trinajstić information content (AvgIpc) is 3.40. The first kappa shape index (κ1) is 22.0. The molecular formula is C20H30FN3O3S2. The van der Waals surface area contributed by atoms with Crippen LogP contribution >= 0.6 is 11.3 Å². The highest BCUT2D eigenvalue weighted by atomic mass is 32.2. The molecule has 2 saturated carbocycles. The molecule has 29 heavy (non-hydrogen) atoms. The molecule has 162 valence electrons. The second-order valence-corrected chi connectivity index (χ2v) is 9.96. The van der Waals surface area contributed by atoms with Gasteiger partial charge >= 0.3 is 0 Å². The molecule has 0 radical (unpaired) electrons. The van der Waals surface area contributed by atoms with E-state index < -0.39 is 15.8 Å². The van der Waals surface area contributed by atoms with Gasteiger partial charge in [0.15, 0.2) is 5.13 Å². The van der Waals surface area contributed by atoms with E-state index in [0.29, 0.717) is 5.75 Å². The summed E-state index contributed by atoms with van der Waals surface area (Å²) in [5.74, 6) is -0.0302. The molecule has 0 spiro atoms. The van der Waals surface area contributed by atoms with Crippen molar-refractivity contribution >= 4 is 26.5 Å². The van der Waals surface area contributed by atoms with E-state index in [-0.39, 0.29) is 23.5 Å². The molecule has 1 aromatic heterocycles. The molecule has 2 N–H and O–H groups in total. The van der Waals surface area contributed by atoms with Gasteiger partial charge in [0.05, 0.1) is 6.10 Å². The Hall–Kier alpha value is -1.71. The van der Waals surface area contributed by atoms with Crippen molar-refractivity contribution in [1.82, 2.24) is 10.3 Å². The second kappa shape index (κ2) is 9.86. The summed E-state index contributed by atoms with van der Waals surface area (Å²) in [6.07, 6.45) is 8.94. The van der Waals surface area contributed by atoms with Crippen molar-refractivity contribution in [3.63, 3.8) is 0 Å². The lowest BCUT2D eigenvalue weighted by Gasteiger charge is -2.24. The molecule has 0 atom stereocenters. The average molecular weight is 444 g/mol. The molecule has 1 heterocycles. The van der Waals surface area contributed by atoms with Gasteiger partial charge in [0.1, 0.15) is 16.5 Å². The van der Waals surface area contributed by atoms with Crippen LogP contribution in [0.1, 0.15) is 57.9 Å². The van der Waals surface area contributed by atoms with E-state index in [2.05, 4.69) is 15.0 Å². The molecule has 0 unspecified atom stereocenters.